The molecular weight excluding hydrogens is 372 g/mol. The van der Waals surface area contributed by atoms with E-state index >= 15 is 0 Å². The van der Waals surface area contributed by atoms with Crippen LogP contribution < -0.4 is 0 Å². The molecule has 0 bridgehead atoms. The van der Waals surface area contributed by atoms with Crippen LogP contribution in [-0.4, -0.2) is 70.7 Å². The lowest BCUT2D eigenvalue weighted by atomic mass is 10.2. The van der Waals surface area contributed by atoms with E-state index in [9.17, 15) is 9.59 Å². The minimum absolute atomic E-state index is 0.0696. The molecule has 4 rings (SSSR count). The van der Waals surface area contributed by atoms with Crippen LogP contribution >= 0.6 is 0 Å². The molecule has 2 aliphatic rings. The van der Waals surface area contributed by atoms with Crippen molar-refractivity contribution in [3.05, 3.63) is 36.2 Å². The van der Waals surface area contributed by atoms with Crippen molar-refractivity contribution >= 4 is 11.8 Å². The van der Waals surface area contributed by atoms with E-state index in [-0.39, 0.29) is 17.9 Å². The van der Waals surface area contributed by atoms with Gasteiger partial charge in [-0.05, 0) is 31.4 Å². The first-order chi connectivity index (χ1) is 14.2. The third-order valence-corrected chi connectivity index (χ3v) is 5.42. The normalized spacial score (nSPS) is 19.5. The third-order valence-electron chi connectivity index (χ3n) is 5.42. The molecule has 2 amide bonds. The Morgan fingerprint density at radius 2 is 1.79 bits per heavy atom. The van der Waals surface area contributed by atoms with Crippen LogP contribution in [0.15, 0.2) is 34.7 Å². The van der Waals surface area contributed by atoms with Gasteiger partial charge in [-0.25, -0.2) is 0 Å². The molecule has 29 heavy (non-hydrogen) atoms. The van der Waals surface area contributed by atoms with Crippen LogP contribution in [0, 0.1) is 0 Å². The highest BCUT2D eigenvalue weighted by molar-refractivity contribution is 5.82. The Morgan fingerprint density at radius 3 is 2.52 bits per heavy atom. The molecule has 0 radical (unpaired) electrons. The molecule has 1 atom stereocenters. The van der Waals surface area contributed by atoms with Crippen molar-refractivity contribution < 1.29 is 18.7 Å². The van der Waals surface area contributed by atoms with E-state index in [1.54, 1.807) is 0 Å². The maximum Gasteiger partial charge on any atom is 0.251 e. The number of aryl methyl sites for hydroxylation is 1. The predicted molar refractivity (Wildman–Crippen MR) is 105 cm³/mol. The molecule has 1 aromatic heterocycles. The number of aromatic nitrogens is 2. The summed E-state index contributed by atoms with van der Waals surface area (Å²) in [5, 5.41) is 8.14. The van der Waals surface area contributed by atoms with Crippen molar-refractivity contribution in [1.29, 1.82) is 0 Å². The minimum Gasteiger partial charge on any atom is -0.421 e. The first-order valence-corrected chi connectivity index (χ1v) is 10.3. The van der Waals surface area contributed by atoms with Crippen molar-refractivity contribution in [2.45, 2.75) is 38.2 Å². The maximum absolute atomic E-state index is 12.5. The number of hydrogen-bond acceptors (Lipinski definition) is 6. The SMILES string of the molecule is O=C(CCCc1nnc(-c2ccccc2)o1)N1CCN(C(=O)C2CCCO2)CC1. The molecule has 8 heteroatoms. The maximum atomic E-state index is 12.5. The average Bonchev–Trinajstić information content (AvgIpc) is 3.46. The molecule has 2 saturated heterocycles. The summed E-state index contributed by atoms with van der Waals surface area (Å²) >= 11 is 0. The van der Waals surface area contributed by atoms with E-state index in [1.807, 2.05) is 40.1 Å². The molecule has 8 nitrogen and oxygen atoms in total. The number of benzene rings is 1. The van der Waals surface area contributed by atoms with Crippen molar-refractivity contribution in [1.82, 2.24) is 20.0 Å². The number of ether oxygens (including phenoxy) is 1. The highest BCUT2D eigenvalue weighted by Crippen LogP contribution is 2.19. The van der Waals surface area contributed by atoms with Crippen molar-refractivity contribution in [3.8, 4) is 11.5 Å². The van der Waals surface area contributed by atoms with Crippen LogP contribution in [0.5, 0.6) is 0 Å². The molecule has 154 valence electrons. The standard InChI is InChI=1S/C21H26N4O4/c26-19(24-11-13-25(14-12-24)21(27)17-8-5-15-28-17)10-4-9-18-22-23-20(29-18)16-6-2-1-3-7-16/h1-3,6-7,17H,4-5,8-15H2. The van der Waals surface area contributed by atoms with E-state index in [0.717, 1.165) is 18.4 Å². The van der Waals surface area contributed by atoms with Gasteiger partial charge in [0.15, 0.2) is 0 Å². The Kier molecular flexibility index (Phi) is 6.19. The summed E-state index contributed by atoms with van der Waals surface area (Å²) in [6, 6.07) is 9.62. The molecular formula is C21H26N4O4. The van der Waals surface area contributed by atoms with E-state index < -0.39 is 0 Å². The van der Waals surface area contributed by atoms with Gasteiger partial charge in [0.1, 0.15) is 6.10 Å². The molecule has 0 N–H and O–H groups in total. The zero-order valence-corrected chi connectivity index (χ0v) is 16.5. The quantitative estimate of drug-likeness (QED) is 0.739. The highest BCUT2D eigenvalue weighted by atomic mass is 16.5. The van der Waals surface area contributed by atoms with Gasteiger partial charge in [-0.1, -0.05) is 18.2 Å². The summed E-state index contributed by atoms with van der Waals surface area (Å²) in [4.78, 5) is 28.5. The van der Waals surface area contributed by atoms with E-state index in [0.29, 0.717) is 63.8 Å². The number of hydrogen-bond donors (Lipinski definition) is 0. The van der Waals surface area contributed by atoms with Gasteiger partial charge in [0.2, 0.25) is 17.7 Å². The van der Waals surface area contributed by atoms with Crippen LogP contribution in [0.1, 0.15) is 31.6 Å². The lowest BCUT2D eigenvalue weighted by molar-refractivity contribution is -0.146. The van der Waals surface area contributed by atoms with Crippen LogP contribution in [0.4, 0.5) is 0 Å². The van der Waals surface area contributed by atoms with E-state index in [2.05, 4.69) is 10.2 Å². The van der Waals surface area contributed by atoms with Gasteiger partial charge in [-0.3, -0.25) is 9.59 Å². The second kappa shape index (κ2) is 9.17. The Bertz CT molecular complexity index is 824. The first-order valence-electron chi connectivity index (χ1n) is 10.3. The average molecular weight is 398 g/mol. The van der Waals surface area contributed by atoms with Gasteiger partial charge in [0, 0.05) is 51.2 Å². The Hall–Kier alpha value is -2.74. The van der Waals surface area contributed by atoms with E-state index in [1.165, 1.54) is 0 Å². The fourth-order valence-electron chi connectivity index (χ4n) is 3.75. The lowest BCUT2D eigenvalue weighted by Crippen LogP contribution is -2.52. The predicted octanol–water partition coefficient (Wildman–Crippen LogP) is 1.91. The third kappa shape index (κ3) is 4.82. The summed E-state index contributed by atoms with van der Waals surface area (Å²) in [5.41, 5.74) is 0.887. The number of nitrogens with zero attached hydrogens (tertiary/aromatic N) is 4. The lowest BCUT2D eigenvalue weighted by Gasteiger charge is -2.35. The Morgan fingerprint density at radius 1 is 1.03 bits per heavy atom. The van der Waals surface area contributed by atoms with Crippen LogP contribution in [0.2, 0.25) is 0 Å². The zero-order valence-electron chi connectivity index (χ0n) is 16.5. The smallest absolute Gasteiger partial charge is 0.251 e. The summed E-state index contributed by atoms with van der Waals surface area (Å²) in [7, 11) is 0. The number of piperazine rings is 1. The van der Waals surface area contributed by atoms with Crippen molar-refractivity contribution in [2.75, 3.05) is 32.8 Å². The molecule has 0 spiro atoms. The minimum atomic E-state index is -0.285. The van der Waals surface area contributed by atoms with Gasteiger partial charge in [-0.2, -0.15) is 0 Å². The second-order valence-corrected chi connectivity index (χ2v) is 7.43. The molecule has 0 saturated carbocycles. The molecule has 2 aromatic rings. The first kappa shape index (κ1) is 19.6. The zero-order chi connectivity index (χ0) is 20.1. The van der Waals surface area contributed by atoms with Gasteiger partial charge >= 0.3 is 0 Å². The number of amides is 2. The summed E-state index contributed by atoms with van der Waals surface area (Å²) in [6.45, 7) is 2.98. The number of carbonyl (C=O) groups excluding carboxylic acids is 2. The Balaban J connectivity index is 1.19. The molecule has 1 unspecified atom stereocenters. The van der Waals surface area contributed by atoms with Crippen LogP contribution in [0.25, 0.3) is 11.5 Å². The summed E-state index contributed by atoms with van der Waals surface area (Å²) in [6.07, 6.45) is 3.13. The molecule has 0 aliphatic carbocycles. The molecule has 3 heterocycles. The van der Waals surface area contributed by atoms with Gasteiger partial charge in [0.05, 0.1) is 0 Å². The molecule has 2 aliphatic heterocycles. The fourth-order valence-corrected chi connectivity index (χ4v) is 3.75. The van der Waals surface area contributed by atoms with Crippen LogP contribution in [0.3, 0.4) is 0 Å². The molecule has 1 aromatic carbocycles. The fraction of sp³-hybridized carbons (Fsp3) is 0.524. The largest absolute Gasteiger partial charge is 0.421 e. The Labute approximate surface area is 169 Å². The topological polar surface area (TPSA) is 88.8 Å². The summed E-state index contributed by atoms with van der Waals surface area (Å²) < 4.78 is 11.2. The van der Waals surface area contributed by atoms with Gasteiger partial charge in [-0.15, -0.1) is 10.2 Å². The molecule has 2 fully saturated rings. The number of carbonyl (C=O) groups is 2. The monoisotopic (exact) mass is 398 g/mol. The van der Waals surface area contributed by atoms with E-state index in [4.69, 9.17) is 9.15 Å². The van der Waals surface area contributed by atoms with Crippen LogP contribution in [-0.2, 0) is 20.7 Å². The van der Waals surface area contributed by atoms with Gasteiger partial charge in [0.25, 0.3) is 5.91 Å². The van der Waals surface area contributed by atoms with Crippen molar-refractivity contribution in [3.63, 3.8) is 0 Å². The van der Waals surface area contributed by atoms with Crippen molar-refractivity contribution in [2.24, 2.45) is 0 Å². The summed E-state index contributed by atoms with van der Waals surface area (Å²) in [5.74, 6) is 1.22. The number of rotatable bonds is 6. The highest BCUT2D eigenvalue weighted by Gasteiger charge is 2.31. The van der Waals surface area contributed by atoms with Gasteiger partial charge < -0.3 is 19.0 Å². The second-order valence-electron chi connectivity index (χ2n) is 7.43.